The molecule has 1 aromatic rings. The molecule has 1 saturated carbocycles. The van der Waals surface area contributed by atoms with Crippen molar-refractivity contribution in [3.63, 3.8) is 0 Å². The van der Waals surface area contributed by atoms with Gasteiger partial charge in [-0.2, -0.15) is 0 Å². The van der Waals surface area contributed by atoms with Crippen molar-refractivity contribution in [3.8, 4) is 0 Å². The number of carbonyl (C=O) groups excluding carboxylic acids is 1. The van der Waals surface area contributed by atoms with Gasteiger partial charge in [-0.3, -0.25) is 9.59 Å². The summed E-state index contributed by atoms with van der Waals surface area (Å²) in [5.41, 5.74) is 0.476. The quantitative estimate of drug-likeness (QED) is 0.886. The van der Waals surface area contributed by atoms with E-state index in [9.17, 15) is 9.59 Å². The summed E-state index contributed by atoms with van der Waals surface area (Å²) in [7, 11) is 0. The van der Waals surface area contributed by atoms with E-state index in [2.05, 4.69) is 5.32 Å². The summed E-state index contributed by atoms with van der Waals surface area (Å²) in [6.07, 6.45) is 3.03. The van der Waals surface area contributed by atoms with E-state index >= 15 is 0 Å². The maximum Gasteiger partial charge on any atom is 0.306 e. The van der Waals surface area contributed by atoms with Crippen LogP contribution >= 0.6 is 23.2 Å². The number of carboxylic acid groups (broad SMARTS) is 1. The van der Waals surface area contributed by atoms with Crippen LogP contribution in [0.4, 0.5) is 0 Å². The molecule has 0 heterocycles. The maximum atomic E-state index is 12.0. The smallest absolute Gasteiger partial charge is 0.306 e. The number of benzene rings is 1. The van der Waals surface area contributed by atoms with E-state index in [1.807, 2.05) is 0 Å². The molecule has 4 nitrogen and oxygen atoms in total. The fourth-order valence-corrected chi connectivity index (χ4v) is 2.89. The number of carbonyl (C=O) groups is 2. The van der Waals surface area contributed by atoms with Crippen LogP contribution in [0.3, 0.4) is 0 Å². The molecule has 114 valence electrons. The summed E-state index contributed by atoms with van der Waals surface area (Å²) in [5, 5.41) is 12.6. The van der Waals surface area contributed by atoms with Crippen LogP contribution < -0.4 is 5.32 Å². The molecular weight excluding hydrogens is 313 g/mol. The summed E-state index contributed by atoms with van der Waals surface area (Å²) in [6.45, 7) is 0.561. The van der Waals surface area contributed by atoms with Crippen LogP contribution in [0.25, 0.3) is 0 Å². The Labute approximate surface area is 133 Å². The molecule has 1 amide bonds. The second kappa shape index (κ2) is 7.14. The van der Waals surface area contributed by atoms with Crippen molar-refractivity contribution in [2.75, 3.05) is 6.54 Å². The number of carboxylic acids is 1. The van der Waals surface area contributed by atoms with Crippen molar-refractivity contribution in [2.45, 2.75) is 25.7 Å². The molecule has 0 spiro atoms. The third-order valence-electron chi connectivity index (χ3n) is 3.93. The molecule has 0 unspecified atom stereocenters. The highest BCUT2D eigenvalue weighted by atomic mass is 35.5. The molecule has 1 aliphatic rings. The van der Waals surface area contributed by atoms with E-state index in [4.69, 9.17) is 28.3 Å². The van der Waals surface area contributed by atoms with Gasteiger partial charge >= 0.3 is 5.97 Å². The molecule has 0 aromatic heterocycles. The van der Waals surface area contributed by atoms with Crippen molar-refractivity contribution >= 4 is 35.1 Å². The molecule has 0 bridgehead atoms. The number of aliphatic carboxylic acids is 1. The van der Waals surface area contributed by atoms with Gasteiger partial charge in [0.1, 0.15) is 0 Å². The Morgan fingerprint density at radius 3 is 2.38 bits per heavy atom. The Balaban J connectivity index is 1.82. The molecule has 1 aromatic carbocycles. The van der Waals surface area contributed by atoms with Crippen LogP contribution in [-0.4, -0.2) is 23.5 Å². The lowest BCUT2D eigenvalue weighted by Gasteiger charge is -2.26. The summed E-state index contributed by atoms with van der Waals surface area (Å²) < 4.78 is 0. The number of rotatable bonds is 4. The Morgan fingerprint density at radius 2 is 1.81 bits per heavy atom. The number of nitrogens with one attached hydrogen (secondary N) is 1. The van der Waals surface area contributed by atoms with Gasteiger partial charge in [-0.15, -0.1) is 0 Å². The standard InChI is InChI=1S/C15H17Cl2NO3/c16-12-6-5-11(7-13(12)17)14(19)18-8-9-1-3-10(4-2-9)15(20)21/h5-7,9-10H,1-4,8H2,(H,18,19)(H,20,21). The van der Waals surface area contributed by atoms with E-state index in [0.717, 1.165) is 12.8 Å². The number of hydrogen-bond acceptors (Lipinski definition) is 2. The second-order valence-electron chi connectivity index (χ2n) is 5.39. The highest BCUT2D eigenvalue weighted by Crippen LogP contribution is 2.28. The monoisotopic (exact) mass is 329 g/mol. The molecule has 1 fully saturated rings. The van der Waals surface area contributed by atoms with Gasteiger partial charge in [0.25, 0.3) is 5.91 Å². The molecular formula is C15H17Cl2NO3. The lowest BCUT2D eigenvalue weighted by Crippen LogP contribution is -2.32. The first-order chi connectivity index (χ1) is 9.97. The van der Waals surface area contributed by atoms with Crippen molar-refractivity contribution in [1.82, 2.24) is 5.32 Å². The second-order valence-corrected chi connectivity index (χ2v) is 6.21. The van der Waals surface area contributed by atoms with Crippen molar-refractivity contribution in [1.29, 1.82) is 0 Å². The van der Waals surface area contributed by atoms with Gasteiger partial charge in [0, 0.05) is 12.1 Å². The zero-order valence-electron chi connectivity index (χ0n) is 11.4. The average Bonchev–Trinajstić information content (AvgIpc) is 2.48. The highest BCUT2D eigenvalue weighted by molar-refractivity contribution is 6.42. The molecule has 0 saturated heterocycles. The first-order valence-corrected chi connectivity index (χ1v) is 7.69. The maximum absolute atomic E-state index is 12.0. The summed E-state index contributed by atoms with van der Waals surface area (Å²) in [6, 6.07) is 4.77. The van der Waals surface area contributed by atoms with Gasteiger partial charge in [0.05, 0.1) is 16.0 Å². The van der Waals surface area contributed by atoms with Crippen molar-refractivity contribution in [3.05, 3.63) is 33.8 Å². The molecule has 2 N–H and O–H groups in total. The predicted octanol–water partition coefficient (Wildman–Crippen LogP) is 3.61. The minimum Gasteiger partial charge on any atom is -0.481 e. The average molecular weight is 330 g/mol. The molecule has 1 aliphatic carbocycles. The predicted molar refractivity (Wildman–Crippen MR) is 81.9 cm³/mol. The molecule has 2 rings (SSSR count). The van der Waals surface area contributed by atoms with Gasteiger partial charge in [0.2, 0.25) is 0 Å². The fraction of sp³-hybridized carbons (Fsp3) is 0.467. The lowest BCUT2D eigenvalue weighted by atomic mass is 9.82. The Bertz CT molecular complexity index is 540. The van der Waals surface area contributed by atoms with E-state index in [0.29, 0.717) is 40.9 Å². The first kappa shape index (κ1) is 16.1. The van der Waals surface area contributed by atoms with Crippen LogP contribution in [0.5, 0.6) is 0 Å². The van der Waals surface area contributed by atoms with Gasteiger partial charge in [-0.1, -0.05) is 23.2 Å². The lowest BCUT2D eigenvalue weighted by molar-refractivity contribution is -0.143. The summed E-state index contributed by atoms with van der Waals surface area (Å²) >= 11 is 11.7. The normalized spacial score (nSPS) is 21.8. The Morgan fingerprint density at radius 1 is 1.14 bits per heavy atom. The highest BCUT2D eigenvalue weighted by Gasteiger charge is 2.26. The van der Waals surface area contributed by atoms with Crippen molar-refractivity contribution in [2.24, 2.45) is 11.8 Å². The largest absolute Gasteiger partial charge is 0.481 e. The minimum atomic E-state index is -0.715. The SMILES string of the molecule is O=C(NCC1CCC(C(=O)O)CC1)c1ccc(Cl)c(Cl)c1. The number of halogens is 2. The van der Waals surface area contributed by atoms with Gasteiger partial charge in [-0.05, 0) is 49.8 Å². The van der Waals surface area contributed by atoms with Crippen LogP contribution in [-0.2, 0) is 4.79 Å². The van der Waals surface area contributed by atoms with E-state index < -0.39 is 5.97 Å². The van der Waals surface area contributed by atoms with Gasteiger partial charge in [0.15, 0.2) is 0 Å². The Hall–Kier alpha value is -1.26. The summed E-state index contributed by atoms with van der Waals surface area (Å²) in [4.78, 5) is 22.9. The molecule has 0 aliphatic heterocycles. The fourth-order valence-electron chi connectivity index (χ4n) is 2.59. The van der Waals surface area contributed by atoms with Crippen LogP contribution in [0.1, 0.15) is 36.0 Å². The van der Waals surface area contributed by atoms with Crippen LogP contribution in [0.15, 0.2) is 18.2 Å². The molecule has 0 radical (unpaired) electrons. The van der Waals surface area contributed by atoms with Gasteiger partial charge < -0.3 is 10.4 Å². The minimum absolute atomic E-state index is 0.186. The van der Waals surface area contributed by atoms with E-state index in [1.54, 1.807) is 18.2 Å². The number of amides is 1. The zero-order valence-corrected chi connectivity index (χ0v) is 13.0. The third kappa shape index (κ3) is 4.35. The Kier molecular flexibility index (Phi) is 5.48. The first-order valence-electron chi connectivity index (χ1n) is 6.93. The van der Waals surface area contributed by atoms with E-state index in [1.165, 1.54) is 0 Å². The van der Waals surface area contributed by atoms with Crippen LogP contribution in [0, 0.1) is 11.8 Å². The zero-order chi connectivity index (χ0) is 15.4. The van der Waals surface area contributed by atoms with Gasteiger partial charge in [-0.25, -0.2) is 0 Å². The summed E-state index contributed by atoms with van der Waals surface area (Å²) in [5.74, 6) is -0.790. The molecule has 21 heavy (non-hydrogen) atoms. The topological polar surface area (TPSA) is 66.4 Å². The number of hydrogen-bond donors (Lipinski definition) is 2. The van der Waals surface area contributed by atoms with Crippen LogP contribution in [0.2, 0.25) is 10.0 Å². The molecule has 0 atom stereocenters. The van der Waals surface area contributed by atoms with Crippen molar-refractivity contribution < 1.29 is 14.7 Å². The third-order valence-corrected chi connectivity index (χ3v) is 4.67. The van der Waals surface area contributed by atoms with E-state index in [-0.39, 0.29) is 11.8 Å². The molecule has 6 heteroatoms.